The lowest BCUT2D eigenvalue weighted by molar-refractivity contribution is -0.140. The second-order valence-corrected chi connectivity index (χ2v) is 6.26. The van der Waals surface area contributed by atoms with Gasteiger partial charge in [0.15, 0.2) is 0 Å². The van der Waals surface area contributed by atoms with Gasteiger partial charge in [-0.2, -0.15) is 8.42 Å². The minimum atomic E-state index is -4.52. The van der Waals surface area contributed by atoms with Crippen LogP contribution in [0.4, 0.5) is 5.69 Å². The number of rotatable bonds is 4. The molecule has 0 amide bonds. The van der Waals surface area contributed by atoms with E-state index >= 15 is 0 Å². The molecular weight excluding hydrogens is 358 g/mol. The molecule has 0 saturated carbocycles. The largest absolute Gasteiger partial charge is 0.506 e. The van der Waals surface area contributed by atoms with Gasteiger partial charge >= 0.3 is 11.9 Å². The summed E-state index contributed by atoms with van der Waals surface area (Å²) in [7, 11) is -2.29. The number of esters is 2. The molecule has 2 N–H and O–H groups in total. The lowest BCUT2D eigenvalue weighted by atomic mass is 10.1. The summed E-state index contributed by atoms with van der Waals surface area (Å²) in [5.41, 5.74) is -0.372. The molecule has 1 aromatic carbocycles. The molecule has 1 heterocycles. The normalized spacial score (nSPS) is 15.1. The van der Waals surface area contributed by atoms with Crippen LogP contribution >= 0.6 is 0 Å². The number of phenolic OH excluding ortho intramolecular Hbond substituents is 1. The number of hydrogen-bond donors (Lipinski definition) is 2. The highest BCUT2D eigenvalue weighted by Crippen LogP contribution is 2.34. The van der Waals surface area contributed by atoms with Crippen LogP contribution < -0.4 is 4.90 Å². The molecule has 0 aliphatic carbocycles. The Labute approximate surface area is 143 Å². The minimum Gasteiger partial charge on any atom is -0.506 e. The molecule has 1 aliphatic heterocycles. The van der Waals surface area contributed by atoms with E-state index in [0.717, 1.165) is 37.3 Å². The number of ether oxygens (including phenoxy) is 3. The topological polar surface area (TPSA) is 140 Å². The fourth-order valence-corrected chi connectivity index (χ4v) is 2.73. The number of aromatic hydroxyl groups is 1. The van der Waals surface area contributed by atoms with Crippen LogP contribution in [0, 0.1) is 0 Å². The van der Waals surface area contributed by atoms with Gasteiger partial charge in [-0.15, -0.1) is 0 Å². The van der Waals surface area contributed by atoms with E-state index < -0.39 is 32.7 Å². The van der Waals surface area contributed by atoms with Crippen molar-refractivity contribution in [1.82, 2.24) is 0 Å². The van der Waals surface area contributed by atoms with Crippen LogP contribution in [0.1, 0.15) is 0 Å². The van der Waals surface area contributed by atoms with Crippen molar-refractivity contribution in [3.63, 3.8) is 0 Å². The Balaban J connectivity index is 2.60. The van der Waals surface area contributed by atoms with Crippen molar-refractivity contribution < 1.29 is 41.9 Å². The van der Waals surface area contributed by atoms with Crippen molar-refractivity contribution >= 4 is 27.7 Å². The van der Waals surface area contributed by atoms with Gasteiger partial charge in [0.2, 0.25) is 0 Å². The predicted octanol–water partition coefficient (Wildman–Crippen LogP) is 0.0331. The van der Waals surface area contributed by atoms with Gasteiger partial charge in [0.25, 0.3) is 10.1 Å². The van der Waals surface area contributed by atoms with Crippen LogP contribution in [0.25, 0.3) is 0 Å². The molecule has 0 bridgehead atoms. The number of nitrogens with zero attached hydrogens (tertiary/aromatic N) is 1. The average Bonchev–Trinajstić information content (AvgIpc) is 2.58. The molecule has 0 atom stereocenters. The number of methoxy groups -OCH3 is 2. The van der Waals surface area contributed by atoms with Crippen molar-refractivity contribution in [2.24, 2.45) is 0 Å². The van der Waals surface area contributed by atoms with Gasteiger partial charge in [0.1, 0.15) is 18.2 Å². The predicted molar refractivity (Wildman–Crippen MR) is 82.3 cm³/mol. The van der Waals surface area contributed by atoms with Crippen molar-refractivity contribution in [2.75, 3.05) is 32.5 Å². The van der Waals surface area contributed by atoms with Gasteiger partial charge in [0, 0.05) is 6.07 Å². The fourth-order valence-electron chi connectivity index (χ4n) is 2.23. The Bertz CT molecular complexity index is 844. The number of carbonyl (C=O) groups excluding carboxylic acids is 2. The third-order valence-electron chi connectivity index (χ3n) is 3.37. The SMILES string of the molecule is COC(=O)C1=C(C(=O)OC)N(c2ccc(S(=O)(=O)O)cc2O)COC1. The summed E-state index contributed by atoms with van der Waals surface area (Å²) in [5.74, 6) is -2.26. The number of hydrogen-bond acceptors (Lipinski definition) is 9. The van der Waals surface area contributed by atoms with Gasteiger partial charge in [-0.1, -0.05) is 0 Å². The van der Waals surface area contributed by atoms with Crippen LogP contribution in [0.15, 0.2) is 34.4 Å². The number of anilines is 1. The first-order chi connectivity index (χ1) is 11.7. The van der Waals surface area contributed by atoms with Crippen molar-refractivity contribution in [3.8, 4) is 5.75 Å². The lowest BCUT2D eigenvalue weighted by Crippen LogP contribution is -2.38. The maximum atomic E-state index is 12.1. The zero-order chi connectivity index (χ0) is 18.8. The summed E-state index contributed by atoms with van der Waals surface area (Å²) in [6, 6.07) is 2.96. The summed E-state index contributed by atoms with van der Waals surface area (Å²) in [6.45, 7) is -0.429. The van der Waals surface area contributed by atoms with Crippen molar-refractivity contribution in [1.29, 1.82) is 0 Å². The summed E-state index contributed by atoms with van der Waals surface area (Å²) in [5, 5.41) is 10.1. The van der Waals surface area contributed by atoms with E-state index in [1.54, 1.807) is 0 Å². The highest BCUT2D eigenvalue weighted by molar-refractivity contribution is 7.85. The molecule has 0 aromatic heterocycles. The maximum absolute atomic E-state index is 12.1. The molecule has 25 heavy (non-hydrogen) atoms. The van der Waals surface area contributed by atoms with Gasteiger partial charge in [-0.25, -0.2) is 9.59 Å². The summed E-state index contributed by atoms with van der Waals surface area (Å²) < 4.78 is 45.8. The quantitative estimate of drug-likeness (QED) is 0.549. The molecule has 0 fully saturated rings. The highest BCUT2D eigenvalue weighted by atomic mass is 32.2. The van der Waals surface area contributed by atoms with Crippen LogP contribution in [-0.2, 0) is 33.9 Å². The number of carbonyl (C=O) groups is 2. The minimum absolute atomic E-state index is 0.0334. The standard InChI is InChI=1S/C14H15NO9S/c1-22-13(17)9-6-24-7-15(12(9)14(18)23-2)10-4-3-8(5-11(10)16)25(19,20)21/h3-5,16H,6-7H2,1-2H3,(H,19,20,21). The first-order valence-corrected chi connectivity index (χ1v) is 8.20. The van der Waals surface area contributed by atoms with Gasteiger partial charge in [-0.05, 0) is 12.1 Å². The maximum Gasteiger partial charge on any atom is 0.355 e. The van der Waals surface area contributed by atoms with E-state index in [1.165, 1.54) is 0 Å². The summed E-state index contributed by atoms with van der Waals surface area (Å²) >= 11 is 0. The zero-order valence-corrected chi connectivity index (χ0v) is 14.1. The van der Waals surface area contributed by atoms with E-state index in [4.69, 9.17) is 9.29 Å². The Morgan fingerprint density at radius 1 is 1.20 bits per heavy atom. The molecule has 10 nitrogen and oxygen atoms in total. The fraction of sp³-hybridized carbons (Fsp3) is 0.286. The molecular formula is C14H15NO9S. The zero-order valence-electron chi connectivity index (χ0n) is 13.3. The molecule has 1 aromatic rings. The van der Waals surface area contributed by atoms with Gasteiger partial charge < -0.3 is 24.2 Å². The highest BCUT2D eigenvalue weighted by Gasteiger charge is 2.33. The molecule has 136 valence electrons. The third kappa shape index (κ3) is 3.73. The molecule has 1 aliphatic rings. The molecule has 0 radical (unpaired) electrons. The van der Waals surface area contributed by atoms with Crippen molar-refractivity contribution in [2.45, 2.75) is 4.90 Å². The van der Waals surface area contributed by atoms with Crippen LogP contribution in [-0.4, -0.2) is 57.6 Å². The Hall–Kier alpha value is -2.63. The second-order valence-electron chi connectivity index (χ2n) is 4.84. The monoisotopic (exact) mass is 373 g/mol. The van der Waals surface area contributed by atoms with E-state index in [0.29, 0.717) is 0 Å². The Kier molecular flexibility index (Phi) is 5.30. The number of phenols is 1. The van der Waals surface area contributed by atoms with E-state index in [2.05, 4.69) is 9.47 Å². The molecule has 0 saturated heterocycles. The van der Waals surface area contributed by atoms with Crippen LogP contribution in [0.3, 0.4) is 0 Å². The first-order valence-electron chi connectivity index (χ1n) is 6.76. The molecule has 11 heteroatoms. The van der Waals surface area contributed by atoms with E-state index in [-0.39, 0.29) is 30.3 Å². The van der Waals surface area contributed by atoms with Crippen molar-refractivity contribution in [3.05, 3.63) is 29.5 Å². The molecule has 2 rings (SSSR count). The van der Waals surface area contributed by atoms with E-state index in [1.807, 2.05) is 0 Å². The lowest BCUT2D eigenvalue weighted by Gasteiger charge is -2.31. The summed E-state index contributed by atoms with van der Waals surface area (Å²) in [6.07, 6.45) is 0. The Morgan fingerprint density at radius 2 is 1.84 bits per heavy atom. The van der Waals surface area contributed by atoms with E-state index in [9.17, 15) is 23.1 Å². The average molecular weight is 373 g/mol. The number of benzene rings is 1. The van der Waals surface area contributed by atoms with Crippen LogP contribution in [0.2, 0.25) is 0 Å². The smallest absolute Gasteiger partial charge is 0.355 e. The third-order valence-corrected chi connectivity index (χ3v) is 4.22. The molecule has 0 unspecified atom stereocenters. The Morgan fingerprint density at radius 3 is 2.36 bits per heavy atom. The van der Waals surface area contributed by atoms with Gasteiger partial charge in [-0.3, -0.25) is 4.55 Å². The first kappa shape index (κ1) is 18.7. The van der Waals surface area contributed by atoms with Gasteiger partial charge in [0.05, 0.1) is 37.0 Å². The molecule has 0 spiro atoms. The van der Waals surface area contributed by atoms with Crippen LogP contribution in [0.5, 0.6) is 5.75 Å². The second kappa shape index (κ2) is 7.09. The summed E-state index contributed by atoms with van der Waals surface area (Å²) in [4.78, 5) is 24.6.